The number of aliphatic hydroxyl groups excluding tert-OH is 5. The van der Waals surface area contributed by atoms with Crippen molar-refractivity contribution in [2.45, 2.75) is 70.2 Å². The third kappa shape index (κ3) is 7.80. The number of carbonyl (C=O) groups excluding carboxylic acids is 3. The van der Waals surface area contributed by atoms with Crippen LogP contribution in [0.5, 0.6) is 17.2 Å². The number of rotatable bonds is 11. The fourth-order valence-electron chi connectivity index (χ4n) is 6.89. The van der Waals surface area contributed by atoms with Gasteiger partial charge in [0, 0.05) is 47.8 Å². The van der Waals surface area contributed by atoms with E-state index in [9.17, 15) is 45.0 Å². The maximum absolute atomic E-state index is 14.7. The second kappa shape index (κ2) is 16.2. The second-order valence-electron chi connectivity index (χ2n) is 13.5. The number of phenols is 1. The van der Waals surface area contributed by atoms with Crippen LogP contribution in [0.15, 0.2) is 60.7 Å². The van der Waals surface area contributed by atoms with Gasteiger partial charge in [-0.2, -0.15) is 0 Å². The fraction of sp³-hybridized carbons (Fsp3) is 0.293. The molecule has 4 aromatic rings. The molecule has 1 aliphatic carbocycles. The van der Waals surface area contributed by atoms with Crippen molar-refractivity contribution in [1.29, 1.82) is 0 Å². The van der Waals surface area contributed by atoms with Crippen molar-refractivity contribution in [3.8, 4) is 17.2 Å². The molecule has 1 aliphatic heterocycles. The summed E-state index contributed by atoms with van der Waals surface area (Å²) in [5.74, 6) is -3.28. The summed E-state index contributed by atoms with van der Waals surface area (Å²) >= 11 is 0. The first kappa shape index (κ1) is 39.4. The lowest BCUT2D eigenvalue weighted by molar-refractivity contribution is -0.268. The van der Waals surface area contributed by atoms with Crippen molar-refractivity contribution in [3.05, 3.63) is 122 Å². The molecule has 14 nitrogen and oxygen atoms in total. The molecule has 1 fully saturated rings. The highest BCUT2D eigenvalue weighted by Crippen LogP contribution is 2.45. The number of ether oxygens (including phenoxy) is 3. The van der Waals surface area contributed by atoms with Gasteiger partial charge < -0.3 is 56.3 Å². The first-order valence-corrected chi connectivity index (χ1v) is 17.6. The van der Waals surface area contributed by atoms with Crippen molar-refractivity contribution in [1.82, 2.24) is 0 Å². The average molecular weight is 755 g/mol. The van der Waals surface area contributed by atoms with Crippen molar-refractivity contribution < 1.29 is 59.2 Å². The SMILES string of the molecule is CC(=O)Oc1cc(CO)c2c(c1/C=C\c1cccc(CCO)c1)C(=O)c1cc(O[C@H]3O[C@@H](C)[C@@H](O)[C@@H](O)[C@H]3O)c(Cc3cccc(C(N)N)c3)c(O)c1C2=O. The number of esters is 1. The third-order valence-electron chi connectivity index (χ3n) is 9.69. The van der Waals surface area contributed by atoms with Gasteiger partial charge in [0.25, 0.3) is 0 Å². The Morgan fingerprint density at radius 2 is 1.60 bits per heavy atom. The minimum absolute atomic E-state index is 0.000111. The van der Waals surface area contributed by atoms with Crippen LogP contribution < -0.4 is 20.9 Å². The summed E-state index contributed by atoms with van der Waals surface area (Å²) in [6.07, 6.45) is -4.87. The van der Waals surface area contributed by atoms with Crippen LogP contribution >= 0.6 is 0 Å². The molecule has 10 N–H and O–H groups in total. The molecule has 2 aliphatic rings. The minimum atomic E-state index is -1.76. The Hall–Kier alpha value is -5.29. The van der Waals surface area contributed by atoms with Crippen LogP contribution in [0.3, 0.4) is 0 Å². The zero-order chi connectivity index (χ0) is 39.7. The van der Waals surface area contributed by atoms with Crippen LogP contribution in [0.1, 0.15) is 90.8 Å². The van der Waals surface area contributed by atoms with Crippen molar-refractivity contribution in [3.63, 3.8) is 0 Å². The zero-order valence-electron chi connectivity index (χ0n) is 30.0. The van der Waals surface area contributed by atoms with Gasteiger partial charge in [-0.25, -0.2) is 0 Å². The monoisotopic (exact) mass is 754 g/mol. The Labute approximate surface area is 315 Å². The molecular weight excluding hydrogens is 712 g/mol. The number of hydrogen-bond donors (Lipinski definition) is 8. The molecule has 288 valence electrons. The predicted octanol–water partition coefficient (Wildman–Crippen LogP) is 2.00. The van der Waals surface area contributed by atoms with Gasteiger partial charge in [0.1, 0.15) is 35.6 Å². The zero-order valence-corrected chi connectivity index (χ0v) is 30.0. The van der Waals surface area contributed by atoms with Crippen LogP contribution in [0.2, 0.25) is 0 Å². The number of benzene rings is 4. The number of hydrogen-bond acceptors (Lipinski definition) is 14. The Morgan fingerprint density at radius 3 is 2.29 bits per heavy atom. The predicted molar refractivity (Wildman–Crippen MR) is 198 cm³/mol. The van der Waals surface area contributed by atoms with Gasteiger partial charge in [-0.3, -0.25) is 14.4 Å². The fourth-order valence-corrected chi connectivity index (χ4v) is 6.89. The van der Waals surface area contributed by atoms with E-state index in [2.05, 4.69) is 0 Å². The maximum Gasteiger partial charge on any atom is 0.308 e. The summed E-state index contributed by atoms with van der Waals surface area (Å²) in [7, 11) is 0. The Kier molecular flexibility index (Phi) is 11.6. The van der Waals surface area contributed by atoms with Crippen molar-refractivity contribution in [2.24, 2.45) is 11.5 Å². The van der Waals surface area contributed by atoms with Crippen molar-refractivity contribution >= 4 is 29.7 Å². The van der Waals surface area contributed by atoms with E-state index in [1.165, 1.54) is 25.1 Å². The first-order valence-electron chi connectivity index (χ1n) is 17.6. The summed E-state index contributed by atoms with van der Waals surface area (Å²) in [6, 6.07) is 16.5. The highest BCUT2D eigenvalue weighted by molar-refractivity contribution is 6.31. The lowest BCUT2D eigenvalue weighted by atomic mass is 9.77. The van der Waals surface area contributed by atoms with E-state index < -0.39 is 66.8 Å². The summed E-state index contributed by atoms with van der Waals surface area (Å²) in [6.45, 7) is 1.81. The molecule has 6 rings (SSSR count). The molecule has 1 saturated heterocycles. The minimum Gasteiger partial charge on any atom is -0.507 e. The molecule has 0 unspecified atom stereocenters. The van der Waals surface area contributed by atoms with E-state index in [4.69, 9.17) is 25.7 Å². The van der Waals surface area contributed by atoms with Gasteiger partial charge in [-0.15, -0.1) is 0 Å². The number of aliphatic hydroxyl groups is 5. The van der Waals surface area contributed by atoms with Gasteiger partial charge in [-0.1, -0.05) is 54.6 Å². The van der Waals surface area contributed by atoms with Gasteiger partial charge in [0.05, 0.1) is 24.4 Å². The number of fused-ring (bicyclic) bond motifs is 2. The molecule has 0 amide bonds. The molecule has 0 saturated carbocycles. The number of nitrogens with two attached hydrogens (primary N) is 2. The lowest BCUT2D eigenvalue weighted by Crippen LogP contribution is -2.58. The molecular formula is C41H42N2O12. The highest BCUT2D eigenvalue weighted by atomic mass is 16.7. The van der Waals surface area contributed by atoms with Crippen LogP contribution in [0, 0.1) is 0 Å². The number of ketones is 2. The average Bonchev–Trinajstić information content (AvgIpc) is 3.15. The Morgan fingerprint density at radius 1 is 0.873 bits per heavy atom. The molecule has 0 spiro atoms. The molecule has 1 heterocycles. The summed E-state index contributed by atoms with van der Waals surface area (Å²) < 4.78 is 17.3. The molecule has 0 radical (unpaired) electrons. The number of carbonyl (C=O) groups is 3. The molecule has 55 heavy (non-hydrogen) atoms. The van der Waals surface area contributed by atoms with Crippen molar-refractivity contribution in [2.75, 3.05) is 6.61 Å². The van der Waals surface area contributed by atoms with E-state index >= 15 is 0 Å². The molecule has 5 atom stereocenters. The first-order chi connectivity index (χ1) is 26.2. The topological polar surface area (TPSA) is 252 Å². The van der Waals surface area contributed by atoms with Crippen LogP contribution in [0.4, 0.5) is 0 Å². The number of phenolic OH excluding ortho intramolecular Hbond substituents is 1. The summed E-state index contributed by atoms with van der Waals surface area (Å²) in [5, 5.41) is 63.5. The number of aromatic hydroxyl groups is 1. The van der Waals surface area contributed by atoms with E-state index in [-0.39, 0.29) is 63.5 Å². The standard InChI is InChI=1S/C41H42N2O12/c1-19-34(47)38(51)39(52)41(53-19)55-30-17-28-33(35(48)27(30)15-23-7-4-8-24(14-23)40(42)43)37(50)31-25(18-45)16-29(54-20(2)46)26(32(31)36(28)49)10-9-21-5-3-6-22(13-21)11-12-44/h3-10,13-14,16-17,19,34,38-41,44-45,47-48,51-52H,11-12,15,18,42-43H2,1-2H3/b10-9-/t19-,34+,38+,39+,41+/m0/s1. The molecule has 0 bridgehead atoms. The lowest BCUT2D eigenvalue weighted by Gasteiger charge is -2.39. The van der Waals surface area contributed by atoms with Gasteiger partial charge in [-0.05, 0) is 59.4 Å². The van der Waals surface area contributed by atoms with Gasteiger partial charge in [0.15, 0.2) is 11.6 Å². The van der Waals surface area contributed by atoms with Gasteiger partial charge in [0.2, 0.25) is 6.29 Å². The normalized spacial score (nSPS) is 20.8. The quantitative estimate of drug-likeness (QED) is 0.0416. The largest absolute Gasteiger partial charge is 0.507 e. The smallest absolute Gasteiger partial charge is 0.308 e. The summed E-state index contributed by atoms with van der Waals surface area (Å²) in [4.78, 5) is 41.6. The van der Waals surface area contributed by atoms with E-state index in [0.29, 0.717) is 23.1 Å². The third-order valence-corrected chi connectivity index (χ3v) is 9.69. The highest BCUT2D eigenvalue weighted by Gasteiger charge is 2.44. The molecule has 14 heteroatoms. The molecule has 4 aromatic carbocycles. The maximum atomic E-state index is 14.7. The Balaban J connectivity index is 1.55. The second-order valence-corrected chi connectivity index (χ2v) is 13.5. The van der Waals surface area contributed by atoms with E-state index in [1.54, 1.807) is 42.5 Å². The van der Waals surface area contributed by atoms with E-state index in [1.807, 2.05) is 12.1 Å². The summed E-state index contributed by atoms with van der Waals surface area (Å²) in [5.41, 5.74) is 13.3. The van der Waals surface area contributed by atoms with E-state index in [0.717, 1.165) is 12.5 Å². The van der Waals surface area contributed by atoms with Crippen LogP contribution in [-0.2, 0) is 29.0 Å². The Bertz CT molecular complexity index is 2180. The molecule has 0 aromatic heterocycles. The van der Waals surface area contributed by atoms with Gasteiger partial charge >= 0.3 is 5.97 Å². The van der Waals surface area contributed by atoms with Crippen LogP contribution in [0.25, 0.3) is 12.2 Å². The van der Waals surface area contributed by atoms with Crippen LogP contribution in [-0.4, -0.2) is 85.5 Å².